The Bertz CT molecular complexity index is 523. The number of rotatable bonds is 7. The number of methoxy groups -OCH3 is 1. The summed E-state index contributed by atoms with van der Waals surface area (Å²) in [4.78, 5) is 23.2. The first kappa shape index (κ1) is 15.7. The van der Waals surface area contributed by atoms with Crippen LogP contribution in [0.3, 0.4) is 0 Å². The first-order valence-electron chi connectivity index (χ1n) is 7.42. The second-order valence-electron chi connectivity index (χ2n) is 5.74. The van der Waals surface area contributed by atoms with Gasteiger partial charge in [-0.3, -0.25) is 4.79 Å². The molecule has 4 nitrogen and oxygen atoms in total. The van der Waals surface area contributed by atoms with Crippen molar-refractivity contribution in [2.24, 2.45) is 5.92 Å². The van der Waals surface area contributed by atoms with E-state index in [0.29, 0.717) is 12.8 Å². The Kier molecular flexibility index (Phi) is 5.12. The molecule has 21 heavy (non-hydrogen) atoms. The van der Waals surface area contributed by atoms with Gasteiger partial charge in [0.1, 0.15) is 0 Å². The van der Waals surface area contributed by atoms with E-state index in [1.807, 2.05) is 25.1 Å². The van der Waals surface area contributed by atoms with Gasteiger partial charge in [0.05, 0.1) is 6.10 Å². The van der Waals surface area contributed by atoms with Crippen LogP contribution in [0.1, 0.15) is 43.2 Å². The number of aliphatic carboxylic acids is 1. The summed E-state index contributed by atoms with van der Waals surface area (Å²) in [7, 11) is 1.63. The number of carboxylic acid groups (broad SMARTS) is 1. The molecule has 0 heterocycles. The highest BCUT2D eigenvalue weighted by molar-refractivity contribution is 6.33. The summed E-state index contributed by atoms with van der Waals surface area (Å²) in [6.45, 7) is 1.94. The number of hydrogen-bond acceptors (Lipinski definition) is 3. The molecule has 0 fully saturated rings. The molecular formula is C17H22O4. The third-order valence-electron chi connectivity index (χ3n) is 4.50. The van der Waals surface area contributed by atoms with Crippen molar-refractivity contribution in [3.63, 3.8) is 0 Å². The van der Waals surface area contributed by atoms with E-state index in [1.165, 1.54) is 5.56 Å². The third kappa shape index (κ3) is 3.50. The van der Waals surface area contributed by atoms with E-state index in [9.17, 15) is 9.59 Å². The third-order valence-corrected chi connectivity index (χ3v) is 4.50. The molecule has 0 saturated carbocycles. The summed E-state index contributed by atoms with van der Waals surface area (Å²) in [6, 6.07) is 8.03. The van der Waals surface area contributed by atoms with Crippen molar-refractivity contribution < 1.29 is 19.4 Å². The van der Waals surface area contributed by atoms with Crippen molar-refractivity contribution >= 4 is 11.8 Å². The number of ketones is 1. The molecule has 0 aromatic heterocycles. The fraction of sp³-hybridized carbons (Fsp3) is 0.529. The van der Waals surface area contributed by atoms with Crippen LogP contribution in [0.15, 0.2) is 24.3 Å². The molecule has 0 bridgehead atoms. The van der Waals surface area contributed by atoms with Gasteiger partial charge in [-0.25, -0.2) is 4.79 Å². The minimum Gasteiger partial charge on any atom is -0.475 e. The zero-order valence-electron chi connectivity index (χ0n) is 12.5. The van der Waals surface area contributed by atoms with Crippen LogP contribution in [0, 0.1) is 5.92 Å². The highest BCUT2D eigenvalue weighted by atomic mass is 16.5. The molecule has 0 saturated heterocycles. The molecule has 2 rings (SSSR count). The lowest BCUT2D eigenvalue weighted by Gasteiger charge is -2.23. The van der Waals surface area contributed by atoms with Crippen LogP contribution in [-0.2, 0) is 20.7 Å². The van der Waals surface area contributed by atoms with Crippen molar-refractivity contribution in [1.29, 1.82) is 0 Å². The summed E-state index contributed by atoms with van der Waals surface area (Å²) >= 11 is 0. The predicted molar refractivity (Wildman–Crippen MR) is 79.3 cm³/mol. The highest BCUT2D eigenvalue weighted by Gasteiger charge is 2.36. The smallest absolute Gasteiger partial charge is 0.372 e. The summed E-state index contributed by atoms with van der Waals surface area (Å²) in [5.41, 5.74) is 2.38. The minimum atomic E-state index is -1.32. The van der Waals surface area contributed by atoms with Crippen LogP contribution in [0.4, 0.5) is 0 Å². The molecule has 3 atom stereocenters. The number of fused-ring (bicyclic) bond motifs is 1. The lowest BCUT2D eigenvalue weighted by molar-refractivity contribution is -0.151. The number of carbonyl (C=O) groups is 2. The molecule has 0 spiro atoms. The molecule has 1 aromatic carbocycles. The number of carboxylic acids is 1. The van der Waals surface area contributed by atoms with Gasteiger partial charge in [-0.1, -0.05) is 24.3 Å². The quantitative estimate of drug-likeness (QED) is 0.784. The molecule has 0 radical (unpaired) electrons. The lowest BCUT2D eigenvalue weighted by Crippen LogP contribution is -2.29. The van der Waals surface area contributed by atoms with Gasteiger partial charge < -0.3 is 9.84 Å². The van der Waals surface area contributed by atoms with Crippen LogP contribution in [0.5, 0.6) is 0 Å². The Morgan fingerprint density at radius 3 is 2.71 bits per heavy atom. The van der Waals surface area contributed by atoms with Gasteiger partial charge in [0.25, 0.3) is 0 Å². The van der Waals surface area contributed by atoms with Crippen molar-refractivity contribution in [1.82, 2.24) is 0 Å². The van der Waals surface area contributed by atoms with E-state index in [-0.39, 0.29) is 12.0 Å². The molecule has 0 amide bonds. The van der Waals surface area contributed by atoms with Crippen LogP contribution >= 0.6 is 0 Å². The van der Waals surface area contributed by atoms with Crippen molar-refractivity contribution in [2.75, 3.05) is 7.11 Å². The van der Waals surface area contributed by atoms with E-state index >= 15 is 0 Å². The van der Waals surface area contributed by atoms with E-state index in [1.54, 1.807) is 7.11 Å². The Balaban J connectivity index is 2.20. The SMILES string of the molecule is COC(C)CCC(C(=O)C(=O)O)C1CCc2ccccc21. The first-order chi connectivity index (χ1) is 10.0. The van der Waals surface area contributed by atoms with E-state index < -0.39 is 17.7 Å². The van der Waals surface area contributed by atoms with Crippen LogP contribution < -0.4 is 0 Å². The summed E-state index contributed by atoms with van der Waals surface area (Å²) in [5.74, 6) is -2.42. The van der Waals surface area contributed by atoms with Gasteiger partial charge in [0, 0.05) is 13.0 Å². The normalized spacial score (nSPS) is 19.8. The molecule has 4 heteroatoms. The zero-order chi connectivity index (χ0) is 15.4. The van der Waals surface area contributed by atoms with Gasteiger partial charge in [-0.2, -0.15) is 0 Å². The molecule has 114 valence electrons. The topological polar surface area (TPSA) is 63.6 Å². The van der Waals surface area contributed by atoms with Crippen LogP contribution in [0.25, 0.3) is 0 Å². The van der Waals surface area contributed by atoms with Crippen LogP contribution in [0.2, 0.25) is 0 Å². The van der Waals surface area contributed by atoms with Crippen molar-refractivity contribution in [2.45, 2.75) is 44.6 Å². The van der Waals surface area contributed by atoms with Gasteiger partial charge in [0.2, 0.25) is 5.78 Å². The standard InChI is InChI=1S/C17H22O4/c1-11(21-2)7-9-15(16(18)17(19)20)14-10-8-12-5-3-4-6-13(12)14/h3-6,11,14-15H,7-10H2,1-2H3,(H,19,20). The molecule has 3 unspecified atom stereocenters. The maximum Gasteiger partial charge on any atom is 0.372 e. The second kappa shape index (κ2) is 6.85. The van der Waals surface area contributed by atoms with Gasteiger partial charge in [-0.15, -0.1) is 0 Å². The Morgan fingerprint density at radius 2 is 2.05 bits per heavy atom. The largest absolute Gasteiger partial charge is 0.475 e. The predicted octanol–water partition coefficient (Wildman–Crippen LogP) is 2.80. The zero-order valence-corrected chi connectivity index (χ0v) is 12.5. The number of carbonyl (C=O) groups excluding carboxylic acids is 1. The highest BCUT2D eigenvalue weighted by Crippen LogP contribution is 2.40. The summed E-state index contributed by atoms with van der Waals surface area (Å²) in [5, 5.41) is 9.10. The lowest BCUT2D eigenvalue weighted by atomic mass is 9.81. The maximum atomic E-state index is 12.1. The van der Waals surface area contributed by atoms with Gasteiger partial charge in [0.15, 0.2) is 0 Å². The summed E-state index contributed by atoms with van der Waals surface area (Å²) < 4.78 is 5.21. The monoisotopic (exact) mass is 290 g/mol. The molecule has 0 aliphatic heterocycles. The average molecular weight is 290 g/mol. The molecule has 1 N–H and O–H groups in total. The van der Waals surface area contributed by atoms with E-state index in [4.69, 9.17) is 9.84 Å². The Morgan fingerprint density at radius 1 is 1.33 bits per heavy atom. The van der Waals surface area contributed by atoms with Crippen molar-refractivity contribution in [3.05, 3.63) is 35.4 Å². The number of Topliss-reactive ketones (excluding diaryl/α,β-unsaturated/α-hetero) is 1. The van der Waals surface area contributed by atoms with Gasteiger partial charge in [-0.05, 0) is 49.7 Å². The fourth-order valence-electron chi connectivity index (χ4n) is 3.21. The van der Waals surface area contributed by atoms with E-state index in [2.05, 4.69) is 6.07 Å². The second-order valence-corrected chi connectivity index (χ2v) is 5.74. The van der Waals surface area contributed by atoms with Gasteiger partial charge >= 0.3 is 5.97 Å². The van der Waals surface area contributed by atoms with E-state index in [0.717, 1.165) is 18.4 Å². The molecule has 1 aromatic rings. The maximum absolute atomic E-state index is 12.1. The molecule has 1 aliphatic carbocycles. The number of aryl methyl sites for hydroxylation is 1. The minimum absolute atomic E-state index is 0.0221. The number of benzene rings is 1. The molecule has 1 aliphatic rings. The number of ether oxygens (including phenoxy) is 1. The summed E-state index contributed by atoms with van der Waals surface area (Å²) in [6.07, 6.45) is 3.05. The Hall–Kier alpha value is -1.68. The fourth-order valence-corrected chi connectivity index (χ4v) is 3.21. The first-order valence-corrected chi connectivity index (χ1v) is 7.42. The number of hydrogen-bond donors (Lipinski definition) is 1. The molecular weight excluding hydrogens is 268 g/mol. The average Bonchev–Trinajstić information content (AvgIpc) is 2.91. The van der Waals surface area contributed by atoms with Crippen molar-refractivity contribution in [3.8, 4) is 0 Å². The van der Waals surface area contributed by atoms with Crippen LogP contribution in [-0.4, -0.2) is 30.1 Å². The Labute approximate surface area is 125 Å².